The molecule has 0 radical (unpaired) electrons. The number of likely N-dealkylation sites (N-methyl/N-ethyl adjacent to an activating group) is 1. The first-order chi connectivity index (χ1) is 14.4. The summed E-state index contributed by atoms with van der Waals surface area (Å²) in [7, 11) is 1.51. The van der Waals surface area contributed by atoms with Gasteiger partial charge in [-0.3, -0.25) is 9.59 Å². The van der Waals surface area contributed by atoms with Gasteiger partial charge in [0.25, 0.3) is 11.8 Å². The SMILES string of the molecule is CCN1CCN(CCCNC(=O)c2ccc(OCC(=O)NC(C)C)c(OC)c2)CC1. The number of ether oxygens (including phenoxy) is 2. The van der Waals surface area contributed by atoms with E-state index in [1.807, 2.05) is 13.8 Å². The molecular weight excluding hydrogens is 384 g/mol. The van der Waals surface area contributed by atoms with Crippen molar-refractivity contribution in [3.8, 4) is 11.5 Å². The van der Waals surface area contributed by atoms with E-state index in [0.29, 0.717) is 23.6 Å². The van der Waals surface area contributed by atoms with Gasteiger partial charge in [0.05, 0.1) is 7.11 Å². The van der Waals surface area contributed by atoms with Crippen LogP contribution in [0.2, 0.25) is 0 Å². The van der Waals surface area contributed by atoms with Crippen molar-refractivity contribution in [1.29, 1.82) is 0 Å². The summed E-state index contributed by atoms with van der Waals surface area (Å²) in [6.07, 6.45) is 0.918. The van der Waals surface area contributed by atoms with Gasteiger partial charge in [-0.15, -0.1) is 0 Å². The molecule has 0 atom stereocenters. The van der Waals surface area contributed by atoms with Gasteiger partial charge in [-0.05, 0) is 51.6 Å². The lowest BCUT2D eigenvalue weighted by molar-refractivity contribution is -0.123. The maximum absolute atomic E-state index is 12.5. The molecule has 0 saturated carbocycles. The first kappa shape index (κ1) is 24.0. The number of hydrogen-bond donors (Lipinski definition) is 2. The monoisotopic (exact) mass is 420 g/mol. The molecule has 1 heterocycles. The lowest BCUT2D eigenvalue weighted by atomic mass is 10.2. The Bertz CT molecular complexity index is 688. The Labute approximate surface area is 179 Å². The molecule has 0 spiro atoms. The van der Waals surface area contributed by atoms with Crippen LogP contribution >= 0.6 is 0 Å². The number of carbonyl (C=O) groups excluding carboxylic acids is 2. The molecule has 0 aromatic heterocycles. The van der Waals surface area contributed by atoms with Crippen LogP contribution in [0.3, 0.4) is 0 Å². The molecule has 0 bridgehead atoms. The van der Waals surface area contributed by atoms with E-state index in [4.69, 9.17) is 9.47 Å². The second-order valence-electron chi connectivity index (χ2n) is 7.76. The molecule has 2 amide bonds. The third kappa shape index (κ3) is 7.84. The van der Waals surface area contributed by atoms with E-state index in [9.17, 15) is 9.59 Å². The number of methoxy groups -OCH3 is 1. The quantitative estimate of drug-likeness (QED) is 0.526. The topological polar surface area (TPSA) is 83.1 Å². The second-order valence-corrected chi connectivity index (χ2v) is 7.76. The van der Waals surface area contributed by atoms with Gasteiger partial charge in [-0.25, -0.2) is 0 Å². The van der Waals surface area contributed by atoms with Crippen LogP contribution in [0, 0.1) is 0 Å². The number of nitrogens with one attached hydrogen (secondary N) is 2. The molecule has 1 aliphatic heterocycles. The van der Waals surface area contributed by atoms with Gasteiger partial charge in [0.15, 0.2) is 18.1 Å². The lowest BCUT2D eigenvalue weighted by Gasteiger charge is -2.33. The smallest absolute Gasteiger partial charge is 0.258 e. The number of piperazine rings is 1. The summed E-state index contributed by atoms with van der Waals surface area (Å²) < 4.78 is 10.9. The van der Waals surface area contributed by atoms with Crippen LogP contribution in [0.1, 0.15) is 37.6 Å². The average molecular weight is 421 g/mol. The largest absolute Gasteiger partial charge is 0.493 e. The highest BCUT2D eigenvalue weighted by Crippen LogP contribution is 2.28. The molecular formula is C22H36N4O4. The fourth-order valence-corrected chi connectivity index (χ4v) is 3.37. The Kier molecular flexibility index (Phi) is 9.89. The molecule has 8 heteroatoms. The predicted molar refractivity (Wildman–Crippen MR) is 117 cm³/mol. The maximum atomic E-state index is 12.5. The Hall–Kier alpha value is -2.32. The van der Waals surface area contributed by atoms with Gasteiger partial charge < -0.3 is 29.9 Å². The molecule has 1 aromatic carbocycles. The summed E-state index contributed by atoms with van der Waals surface area (Å²) in [6.45, 7) is 13.0. The minimum absolute atomic E-state index is 0.0509. The maximum Gasteiger partial charge on any atom is 0.258 e. The normalized spacial score (nSPS) is 15.1. The standard InChI is InChI=1S/C22H36N4O4/c1-5-25-11-13-26(14-12-25)10-6-9-23-22(28)18-7-8-19(20(15-18)29-4)30-16-21(27)24-17(2)3/h7-8,15,17H,5-6,9-14,16H2,1-4H3,(H,23,28)(H,24,27). The van der Waals surface area contributed by atoms with Crippen molar-refractivity contribution >= 4 is 11.8 Å². The molecule has 1 saturated heterocycles. The molecule has 168 valence electrons. The zero-order chi connectivity index (χ0) is 21.9. The number of hydrogen-bond acceptors (Lipinski definition) is 6. The Morgan fingerprint density at radius 1 is 1.10 bits per heavy atom. The molecule has 1 aromatic rings. The molecule has 8 nitrogen and oxygen atoms in total. The highest BCUT2D eigenvalue weighted by Gasteiger charge is 2.15. The van der Waals surface area contributed by atoms with E-state index >= 15 is 0 Å². The molecule has 0 aliphatic carbocycles. The first-order valence-corrected chi connectivity index (χ1v) is 10.8. The summed E-state index contributed by atoms with van der Waals surface area (Å²) in [6, 6.07) is 5.02. The number of carbonyl (C=O) groups is 2. The zero-order valence-corrected chi connectivity index (χ0v) is 18.7. The van der Waals surface area contributed by atoms with Gasteiger partial charge in [0.1, 0.15) is 0 Å². The molecule has 1 fully saturated rings. The van der Waals surface area contributed by atoms with Crippen LogP contribution in [0.4, 0.5) is 0 Å². The van der Waals surface area contributed by atoms with Crippen molar-refractivity contribution in [2.45, 2.75) is 33.2 Å². The van der Waals surface area contributed by atoms with E-state index in [-0.39, 0.29) is 24.5 Å². The number of rotatable bonds is 11. The van der Waals surface area contributed by atoms with Crippen LogP contribution in [-0.4, -0.2) is 87.2 Å². The van der Waals surface area contributed by atoms with Crippen molar-refractivity contribution in [3.05, 3.63) is 23.8 Å². The Balaban J connectivity index is 1.76. The average Bonchev–Trinajstić information content (AvgIpc) is 2.74. The highest BCUT2D eigenvalue weighted by molar-refractivity contribution is 5.94. The molecule has 1 aliphatic rings. The Morgan fingerprint density at radius 2 is 1.80 bits per heavy atom. The number of benzene rings is 1. The lowest BCUT2D eigenvalue weighted by Crippen LogP contribution is -2.46. The zero-order valence-electron chi connectivity index (χ0n) is 18.7. The van der Waals surface area contributed by atoms with Crippen LogP contribution < -0.4 is 20.1 Å². The summed E-state index contributed by atoms with van der Waals surface area (Å²) in [5, 5.41) is 5.73. The molecule has 0 unspecified atom stereocenters. The van der Waals surface area contributed by atoms with Gasteiger partial charge >= 0.3 is 0 Å². The van der Waals surface area contributed by atoms with Crippen LogP contribution in [0.5, 0.6) is 11.5 Å². The summed E-state index contributed by atoms with van der Waals surface area (Å²) in [5.41, 5.74) is 0.502. The van der Waals surface area contributed by atoms with E-state index in [1.165, 1.54) is 7.11 Å². The molecule has 30 heavy (non-hydrogen) atoms. The highest BCUT2D eigenvalue weighted by atomic mass is 16.5. The summed E-state index contributed by atoms with van der Waals surface area (Å²) >= 11 is 0. The van der Waals surface area contributed by atoms with Gasteiger partial charge in [-0.1, -0.05) is 6.92 Å². The fraction of sp³-hybridized carbons (Fsp3) is 0.636. The molecule has 2 N–H and O–H groups in total. The van der Waals surface area contributed by atoms with E-state index in [0.717, 1.165) is 45.7 Å². The minimum atomic E-state index is -0.204. The van der Waals surface area contributed by atoms with E-state index in [2.05, 4.69) is 27.4 Å². The van der Waals surface area contributed by atoms with Crippen LogP contribution in [0.25, 0.3) is 0 Å². The predicted octanol–water partition coefficient (Wildman–Crippen LogP) is 1.36. The van der Waals surface area contributed by atoms with Crippen molar-refractivity contribution < 1.29 is 19.1 Å². The third-order valence-electron chi connectivity index (χ3n) is 5.08. The van der Waals surface area contributed by atoms with Crippen molar-refractivity contribution in [3.63, 3.8) is 0 Å². The fourth-order valence-electron chi connectivity index (χ4n) is 3.37. The van der Waals surface area contributed by atoms with Gasteiger partial charge in [0, 0.05) is 44.3 Å². The van der Waals surface area contributed by atoms with Gasteiger partial charge in [0.2, 0.25) is 0 Å². The van der Waals surface area contributed by atoms with Crippen molar-refractivity contribution in [2.75, 3.05) is 59.5 Å². The van der Waals surface area contributed by atoms with Crippen LogP contribution in [0.15, 0.2) is 18.2 Å². The number of nitrogens with zero attached hydrogens (tertiary/aromatic N) is 2. The first-order valence-electron chi connectivity index (χ1n) is 10.8. The number of amides is 2. The summed E-state index contributed by atoms with van der Waals surface area (Å²) in [5.74, 6) is 0.506. The third-order valence-corrected chi connectivity index (χ3v) is 5.08. The van der Waals surface area contributed by atoms with Crippen LogP contribution in [-0.2, 0) is 4.79 Å². The minimum Gasteiger partial charge on any atom is -0.493 e. The van der Waals surface area contributed by atoms with Crippen molar-refractivity contribution in [2.24, 2.45) is 0 Å². The van der Waals surface area contributed by atoms with E-state index < -0.39 is 0 Å². The summed E-state index contributed by atoms with van der Waals surface area (Å²) in [4.78, 5) is 29.1. The Morgan fingerprint density at radius 3 is 2.43 bits per heavy atom. The van der Waals surface area contributed by atoms with Gasteiger partial charge in [-0.2, -0.15) is 0 Å². The second kappa shape index (κ2) is 12.4. The van der Waals surface area contributed by atoms with E-state index in [1.54, 1.807) is 18.2 Å². The van der Waals surface area contributed by atoms with Crippen molar-refractivity contribution in [1.82, 2.24) is 20.4 Å². The molecule has 2 rings (SSSR count).